The first-order valence-corrected chi connectivity index (χ1v) is 5.54. The molecular formula is C7H11Br2N3O2. The van der Waals surface area contributed by atoms with E-state index < -0.39 is 0 Å². The molecule has 1 rings (SSSR count). The van der Waals surface area contributed by atoms with Crippen molar-refractivity contribution in [3.63, 3.8) is 0 Å². The molecule has 1 heterocycles. The average Bonchev–Trinajstić information content (AvgIpc) is 2.43. The molecule has 0 fully saturated rings. The predicted molar refractivity (Wildman–Crippen MR) is 60.2 cm³/mol. The van der Waals surface area contributed by atoms with Gasteiger partial charge in [0.25, 0.3) is 0 Å². The van der Waals surface area contributed by atoms with Crippen LogP contribution in [0.3, 0.4) is 0 Å². The molecule has 0 aliphatic rings. The average molecular weight is 329 g/mol. The van der Waals surface area contributed by atoms with Gasteiger partial charge in [-0.3, -0.25) is 4.57 Å². The zero-order chi connectivity index (χ0) is 10.6. The fourth-order valence-corrected chi connectivity index (χ4v) is 1.69. The van der Waals surface area contributed by atoms with E-state index in [1.165, 1.54) is 0 Å². The van der Waals surface area contributed by atoms with E-state index in [1.54, 1.807) is 11.7 Å². The minimum absolute atomic E-state index is 0.0646. The van der Waals surface area contributed by atoms with E-state index in [0.717, 1.165) is 4.60 Å². The fraction of sp³-hybridized carbons (Fsp3) is 0.571. The first-order valence-electron chi connectivity index (χ1n) is 3.96. The number of imidazole rings is 1. The van der Waals surface area contributed by atoms with Gasteiger partial charge in [-0.1, -0.05) is 0 Å². The number of aliphatic hydroxyl groups is 1. The minimum atomic E-state index is 0.0646. The summed E-state index contributed by atoms with van der Waals surface area (Å²) in [7, 11) is 1.61. The standard InChI is InChI=1S/C7H11Br2N3O2/c1-14-4-12-6(9)5(8)11-7(12)10-2-3-13/h13H,2-4H2,1H3,(H,10,11). The highest BCUT2D eigenvalue weighted by Gasteiger charge is 2.12. The highest BCUT2D eigenvalue weighted by molar-refractivity contribution is 9.13. The molecule has 2 N–H and O–H groups in total. The van der Waals surface area contributed by atoms with Gasteiger partial charge >= 0.3 is 0 Å². The summed E-state index contributed by atoms with van der Waals surface area (Å²) >= 11 is 6.66. The topological polar surface area (TPSA) is 59.3 Å². The summed E-state index contributed by atoms with van der Waals surface area (Å²) in [6.45, 7) is 0.918. The van der Waals surface area contributed by atoms with Gasteiger partial charge in [-0.25, -0.2) is 4.98 Å². The molecule has 0 aromatic carbocycles. The van der Waals surface area contributed by atoms with Crippen molar-refractivity contribution in [1.82, 2.24) is 9.55 Å². The molecule has 0 spiro atoms. The number of anilines is 1. The van der Waals surface area contributed by atoms with Crippen LogP contribution in [0.15, 0.2) is 9.21 Å². The summed E-state index contributed by atoms with van der Waals surface area (Å²) in [5, 5.41) is 11.6. The van der Waals surface area contributed by atoms with Crippen LogP contribution < -0.4 is 5.32 Å². The molecule has 1 aromatic heterocycles. The van der Waals surface area contributed by atoms with E-state index in [1.807, 2.05) is 0 Å². The third-order valence-corrected chi connectivity index (χ3v) is 3.41. The van der Waals surface area contributed by atoms with Crippen LogP contribution in [0.4, 0.5) is 5.95 Å². The van der Waals surface area contributed by atoms with Crippen LogP contribution in [-0.4, -0.2) is 34.9 Å². The number of nitrogens with zero attached hydrogens (tertiary/aromatic N) is 2. The number of hydrogen-bond acceptors (Lipinski definition) is 4. The van der Waals surface area contributed by atoms with Crippen molar-refractivity contribution in [3.8, 4) is 0 Å². The predicted octanol–water partition coefficient (Wildman–Crippen LogP) is 1.42. The largest absolute Gasteiger partial charge is 0.395 e. The van der Waals surface area contributed by atoms with Crippen LogP contribution in [0.2, 0.25) is 0 Å². The molecule has 14 heavy (non-hydrogen) atoms. The van der Waals surface area contributed by atoms with Gasteiger partial charge in [0.15, 0.2) is 0 Å². The third kappa shape index (κ3) is 2.69. The fourth-order valence-electron chi connectivity index (χ4n) is 0.953. The lowest BCUT2D eigenvalue weighted by atomic mass is 10.7. The van der Waals surface area contributed by atoms with Crippen LogP contribution in [0.25, 0.3) is 0 Å². The number of aromatic nitrogens is 2. The lowest BCUT2D eigenvalue weighted by Crippen LogP contribution is -2.12. The number of ether oxygens (including phenoxy) is 1. The Morgan fingerprint density at radius 1 is 1.57 bits per heavy atom. The van der Waals surface area contributed by atoms with E-state index >= 15 is 0 Å². The van der Waals surface area contributed by atoms with Crippen LogP contribution >= 0.6 is 31.9 Å². The summed E-state index contributed by atoms with van der Waals surface area (Å²) < 4.78 is 8.33. The Bertz CT molecular complexity index is 303. The second-order valence-corrected chi connectivity index (χ2v) is 4.02. The Labute approximate surface area is 98.7 Å². The van der Waals surface area contributed by atoms with Gasteiger partial charge < -0.3 is 15.2 Å². The quantitative estimate of drug-likeness (QED) is 0.858. The molecule has 0 saturated carbocycles. The van der Waals surface area contributed by atoms with E-state index in [0.29, 0.717) is 23.8 Å². The van der Waals surface area contributed by atoms with Gasteiger partial charge in [0.1, 0.15) is 15.9 Å². The zero-order valence-corrected chi connectivity index (χ0v) is 10.8. The van der Waals surface area contributed by atoms with E-state index in [4.69, 9.17) is 9.84 Å². The molecular weight excluding hydrogens is 318 g/mol. The number of halogens is 2. The molecule has 0 radical (unpaired) electrons. The van der Waals surface area contributed by atoms with Crippen molar-refractivity contribution in [3.05, 3.63) is 9.21 Å². The molecule has 0 unspecified atom stereocenters. The van der Waals surface area contributed by atoms with Crippen LogP contribution in [-0.2, 0) is 11.5 Å². The number of rotatable bonds is 5. The van der Waals surface area contributed by atoms with Gasteiger partial charge in [0, 0.05) is 13.7 Å². The molecule has 80 valence electrons. The molecule has 5 nitrogen and oxygen atoms in total. The summed E-state index contributed by atoms with van der Waals surface area (Å²) in [5.74, 6) is 0.652. The Hall–Kier alpha value is -0.110. The zero-order valence-electron chi connectivity index (χ0n) is 7.63. The van der Waals surface area contributed by atoms with Gasteiger partial charge in [-0.15, -0.1) is 0 Å². The van der Waals surface area contributed by atoms with Crippen molar-refractivity contribution in [2.24, 2.45) is 0 Å². The molecule has 0 amide bonds. The number of aliphatic hydroxyl groups excluding tert-OH is 1. The van der Waals surface area contributed by atoms with Gasteiger partial charge in [-0.05, 0) is 31.9 Å². The summed E-state index contributed by atoms with van der Waals surface area (Å²) in [6, 6.07) is 0. The van der Waals surface area contributed by atoms with Crippen molar-refractivity contribution < 1.29 is 9.84 Å². The van der Waals surface area contributed by atoms with Gasteiger partial charge in [-0.2, -0.15) is 0 Å². The van der Waals surface area contributed by atoms with E-state index in [2.05, 4.69) is 42.2 Å². The minimum Gasteiger partial charge on any atom is -0.395 e. The van der Waals surface area contributed by atoms with Crippen LogP contribution in [0.5, 0.6) is 0 Å². The second-order valence-electron chi connectivity index (χ2n) is 2.51. The lowest BCUT2D eigenvalue weighted by molar-refractivity contribution is 0.131. The molecule has 1 aromatic rings. The Morgan fingerprint density at radius 3 is 2.86 bits per heavy atom. The highest BCUT2D eigenvalue weighted by Crippen LogP contribution is 2.26. The van der Waals surface area contributed by atoms with Crippen LogP contribution in [0, 0.1) is 0 Å². The van der Waals surface area contributed by atoms with E-state index in [9.17, 15) is 0 Å². The SMILES string of the molecule is COCn1c(NCCO)nc(Br)c1Br. The lowest BCUT2D eigenvalue weighted by Gasteiger charge is -2.08. The third-order valence-electron chi connectivity index (χ3n) is 1.52. The Balaban J connectivity index is 2.84. The molecule has 0 bridgehead atoms. The number of methoxy groups -OCH3 is 1. The monoisotopic (exact) mass is 327 g/mol. The van der Waals surface area contributed by atoms with Crippen molar-refractivity contribution in [2.45, 2.75) is 6.73 Å². The molecule has 0 atom stereocenters. The Morgan fingerprint density at radius 2 is 2.29 bits per heavy atom. The maximum Gasteiger partial charge on any atom is 0.206 e. The maximum atomic E-state index is 8.67. The van der Waals surface area contributed by atoms with E-state index in [-0.39, 0.29) is 6.61 Å². The second kappa shape index (κ2) is 5.69. The number of hydrogen-bond donors (Lipinski definition) is 2. The van der Waals surface area contributed by atoms with Crippen LogP contribution in [0.1, 0.15) is 0 Å². The van der Waals surface area contributed by atoms with Gasteiger partial charge in [0.2, 0.25) is 5.95 Å². The Kier molecular flexibility index (Phi) is 4.86. The summed E-state index contributed by atoms with van der Waals surface area (Å²) in [6.07, 6.45) is 0. The summed E-state index contributed by atoms with van der Waals surface area (Å²) in [4.78, 5) is 4.20. The first kappa shape index (κ1) is 12.0. The molecule has 0 saturated heterocycles. The van der Waals surface area contributed by atoms with Crippen molar-refractivity contribution >= 4 is 37.8 Å². The van der Waals surface area contributed by atoms with Gasteiger partial charge in [0.05, 0.1) is 6.61 Å². The summed E-state index contributed by atoms with van der Waals surface area (Å²) in [5.41, 5.74) is 0. The number of nitrogens with one attached hydrogen (secondary N) is 1. The molecule has 7 heteroatoms. The maximum absolute atomic E-state index is 8.67. The van der Waals surface area contributed by atoms with Crippen molar-refractivity contribution in [2.75, 3.05) is 25.6 Å². The first-order chi connectivity index (χ1) is 6.70. The molecule has 0 aliphatic heterocycles. The molecule has 0 aliphatic carbocycles. The smallest absolute Gasteiger partial charge is 0.206 e. The van der Waals surface area contributed by atoms with Crippen molar-refractivity contribution in [1.29, 1.82) is 0 Å². The normalized spacial score (nSPS) is 10.6. The highest BCUT2D eigenvalue weighted by atomic mass is 79.9.